The van der Waals surface area contributed by atoms with Gasteiger partial charge in [0.15, 0.2) is 0 Å². The molecule has 0 radical (unpaired) electrons. The second-order valence-corrected chi connectivity index (χ2v) is 5.58. The Morgan fingerprint density at radius 3 is 2.67 bits per heavy atom. The zero-order valence-electron chi connectivity index (χ0n) is 10.7. The van der Waals surface area contributed by atoms with Gasteiger partial charge in [-0.15, -0.1) is 0 Å². The highest BCUT2D eigenvalue weighted by Crippen LogP contribution is 2.17. The number of nitrogens with zero attached hydrogens (tertiary/aromatic N) is 1. The van der Waals surface area contributed by atoms with Crippen molar-refractivity contribution in [2.75, 3.05) is 13.1 Å². The van der Waals surface area contributed by atoms with E-state index in [0.717, 1.165) is 24.9 Å². The molecule has 0 bridgehead atoms. The Kier molecular flexibility index (Phi) is 5.62. The van der Waals surface area contributed by atoms with E-state index in [1.54, 1.807) is 0 Å². The third-order valence-corrected chi connectivity index (χ3v) is 3.43. The molecule has 0 aromatic rings. The van der Waals surface area contributed by atoms with Crippen molar-refractivity contribution >= 4 is 0 Å². The lowest BCUT2D eigenvalue weighted by atomic mass is 10.0. The van der Waals surface area contributed by atoms with Crippen LogP contribution in [0.15, 0.2) is 0 Å². The van der Waals surface area contributed by atoms with E-state index >= 15 is 0 Å². The number of hydrogen-bond donors (Lipinski definition) is 1. The van der Waals surface area contributed by atoms with Crippen molar-refractivity contribution in [3.63, 3.8) is 0 Å². The summed E-state index contributed by atoms with van der Waals surface area (Å²) < 4.78 is 0. The van der Waals surface area contributed by atoms with Gasteiger partial charge in [-0.25, -0.2) is 0 Å². The van der Waals surface area contributed by atoms with Gasteiger partial charge in [-0.2, -0.15) is 0 Å². The molecule has 1 aliphatic rings. The number of rotatable bonds is 4. The van der Waals surface area contributed by atoms with Crippen LogP contribution in [0.5, 0.6) is 0 Å². The van der Waals surface area contributed by atoms with Crippen LogP contribution in [0.1, 0.15) is 52.9 Å². The Labute approximate surface area is 95.2 Å². The molecule has 1 aliphatic heterocycles. The first-order chi connectivity index (χ1) is 7.09. The summed E-state index contributed by atoms with van der Waals surface area (Å²) in [6.07, 6.45) is 6.67. The van der Waals surface area contributed by atoms with Crippen molar-refractivity contribution in [3.8, 4) is 0 Å². The first-order valence-electron chi connectivity index (χ1n) is 6.59. The fourth-order valence-electron chi connectivity index (χ4n) is 2.59. The first-order valence-corrected chi connectivity index (χ1v) is 6.59. The predicted molar refractivity (Wildman–Crippen MR) is 66.9 cm³/mol. The maximum Gasteiger partial charge on any atom is 0.0170 e. The van der Waals surface area contributed by atoms with Crippen molar-refractivity contribution < 1.29 is 0 Å². The van der Waals surface area contributed by atoms with Crippen molar-refractivity contribution in [3.05, 3.63) is 0 Å². The van der Waals surface area contributed by atoms with Crippen LogP contribution in [0.2, 0.25) is 0 Å². The Morgan fingerprint density at radius 1 is 1.27 bits per heavy atom. The molecule has 2 atom stereocenters. The predicted octanol–water partition coefficient (Wildman–Crippen LogP) is 2.62. The van der Waals surface area contributed by atoms with Crippen molar-refractivity contribution in [1.82, 2.24) is 4.90 Å². The molecule has 1 saturated heterocycles. The maximum atomic E-state index is 6.18. The fourth-order valence-corrected chi connectivity index (χ4v) is 2.59. The van der Waals surface area contributed by atoms with Gasteiger partial charge in [0.05, 0.1) is 0 Å². The highest BCUT2D eigenvalue weighted by atomic mass is 15.2. The molecule has 1 fully saturated rings. The lowest BCUT2D eigenvalue weighted by Crippen LogP contribution is -2.42. The average molecular weight is 212 g/mol. The van der Waals surface area contributed by atoms with Gasteiger partial charge >= 0.3 is 0 Å². The summed E-state index contributed by atoms with van der Waals surface area (Å²) in [5.41, 5.74) is 6.18. The summed E-state index contributed by atoms with van der Waals surface area (Å²) in [7, 11) is 0. The molecular formula is C13H28N2. The number of hydrogen-bond acceptors (Lipinski definition) is 2. The molecule has 1 heterocycles. The molecule has 2 nitrogen and oxygen atoms in total. The third-order valence-electron chi connectivity index (χ3n) is 3.43. The van der Waals surface area contributed by atoms with Crippen LogP contribution < -0.4 is 5.73 Å². The highest BCUT2D eigenvalue weighted by molar-refractivity contribution is 4.76. The molecule has 90 valence electrons. The molecule has 15 heavy (non-hydrogen) atoms. The second-order valence-electron chi connectivity index (χ2n) is 5.58. The van der Waals surface area contributed by atoms with Crippen molar-refractivity contribution in [2.24, 2.45) is 11.7 Å². The van der Waals surface area contributed by atoms with Crippen LogP contribution in [0.3, 0.4) is 0 Å². The van der Waals surface area contributed by atoms with E-state index < -0.39 is 0 Å². The molecule has 0 saturated carbocycles. The minimum Gasteiger partial charge on any atom is -0.327 e. The Bertz CT molecular complexity index is 168. The van der Waals surface area contributed by atoms with Crippen molar-refractivity contribution in [1.29, 1.82) is 0 Å². The molecule has 1 rings (SSSR count). The minimum atomic E-state index is 0.366. The summed E-state index contributed by atoms with van der Waals surface area (Å²) >= 11 is 0. The van der Waals surface area contributed by atoms with Gasteiger partial charge in [0.25, 0.3) is 0 Å². The fraction of sp³-hybridized carbons (Fsp3) is 1.00. The second kappa shape index (κ2) is 6.49. The van der Waals surface area contributed by atoms with E-state index in [4.69, 9.17) is 5.73 Å². The highest BCUT2D eigenvalue weighted by Gasteiger charge is 2.19. The van der Waals surface area contributed by atoms with Gasteiger partial charge in [-0.3, -0.25) is 4.90 Å². The zero-order valence-corrected chi connectivity index (χ0v) is 10.7. The summed E-state index contributed by atoms with van der Waals surface area (Å²) in [5, 5.41) is 0. The summed E-state index contributed by atoms with van der Waals surface area (Å²) in [4.78, 5) is 2.60. The lowest BCUT2D eigenvalue weighted by molar-refractivity contribution is 0.194. The Hall–Kier alpha value is -0.0800. The topological polar surface area (TPSA) is 29.3 Å². The molecule has 2 heteroatoms. The van der Waals surface area contributed by atoms with Crippen LogP contribution in [0.25, 0.3) is 0 Å². The van der Waals surface area contributed by atoms with Gasteiger partial charge in [0, 0.05) is 18.6 Å². The molecule has 0 aromatic carbocycles. The molecule has 0 spiro atoms. The number of likely N-dealkylation sites (tertiary alicyclic amines) is 1. The van der Waals surface area contributed by atoms with Crippen molar-refractivity contribution in [2.45, 2.75) is 65.0 Å². The van der Waals surface area contributed by atoms with Gasteiger partial charge in [-0.05, 0) is 38.6 Å². The standard InChI is InChI=1S/C13H28N2/c1-11(2)9-13(14)10-15-8-6-4-5-7-12(15)3/h11-13H,4-10,14H2,1-3H3. The van der Waals surface area contributed by atoms with E-state index in [1.807, 2.05) is 0 Å². The van der Waals surface area contributed by atoms with E-state index in [2.05, 4.69) is 25.7 Å². The molecule has 2 N–H and O–H groups in total. The van der Waals surface area contributed by atoms with Crippen LogP contribution in [-0.4, -0.2) is 30.1 Å². The summed E-state index contributed by atoms with van der Waals surface area (Å²) in [5.74, 6) is 0.724. The number of nitrogens with two attached hydrogens (primary N) is 1. The van der Waals surface area contributed by atoms with E-state index in [9.17, 15) is 0 Å². The van der Waals surface area contributed by atoms with Gasteiger partial charge < -0.3 is 5.73 Å². The zero-order chi connectivity index (χ0) is 11.3. The van der Waals surface area contributed by atoms with Crippen LogP contribution in [0, 0.1) is 5.92 Å². The maximum absolute atomic E-state index is 6.18. The van der Waals surface area contributed by atoms with Crippen LogP contribution in [-0.2, 0) is 0 Å². The van der Waals surface area contributed by atoms with E-state index in [-0.39, 0.29) is 0 Å². The Morgan fingerprint density at radius 2 is 2.00 bits per heavy atom. The molecular weight excluding hydrogens is 184 g/mol. The largest absolute Gasteiger partial charge is 0.327 e. The smallest absolute Gasteiger partial charge is 0.0170 e. The van der Waals surface area contributed by atoms with E-state index in [0.29, 0.717) is 6.04 Å². The van der Waals surface area contributed by atoms with Crippen LogP contribution >= 0.6 is 0 Å². The quantitative estimate of drug-likeness (QED) is 0.776. The summed E-state index contributed by atoms with van der Waals surface area (Å²) in [6, 6.07) is 1.11. The molecule has 0 aromatic heterocycles. The average Bonchev–Trinajstić information content (AvgIpc) is 2.30. The lowest BCUT2D eigenvalue weighted by Gasteiger charge is -2.30. The van der Waals surface area contributed by atoms with Gasteiger partial charge in [0.1, 0.15) is 0 Å². The van der Waals surface area contributed by atoms with Crippen LogP contribution in [0.4, 0.5) is 0 Å². The monoisotopic (exact) mass is 212 g/mol. The molecule has 2 unspecified atom stereocenters. The minimum absolute atomic E-state index is 0.366. The third kappa shape index (κ3) is 4.98. The first kappa shape index (κ1) is 13.0. The van der Waals surface area contributed by atoms with Gasteiger partial charge in [0.2, 0.25) is 0 Å². The molecule has 0 aliphatic carbocycles. The van der Waals surface area contributed by atoms with E-state index in [1.165, 1.54) is 32.2 Å². The van der Waals surface area contributed by atoms with Gasteiger partial charge in [-0.1, -0.05) is 26.7 Å². The molecule has 0 amide bonds. The Balaban J connectivity index is 2.33. The summed E-state index contributed by atoms with van der Waals surface area (Å²) in [6.45, 7) is 9.22. The SMILES string of the molecule is CC(C)CC(N)CN1CCCCCC1C. The normalized spacial score (nSPS) is 26.6.